The normalized spacial score (nSPS) is 22.1. The van der Waals surface area contributed by atoms with Crippen molar-refractivity contribution in [2.24, 2.45) is 21.6 Å². The van der Waals surface area contributed by atoms with E-state index in [1.165, 1.54) is 24.6 Å². The van der Waals surface area contributed by atoms with Gasteiger partial charge in [0.15, 0.2) is 6.29 Å². The van der Waals surface area contributed by atoms with E-state index in [0.717, 1.165) is 48.0 Å². The Morgan fingerprint density at radius 3 is 2.77 bits per heavy atom. The second-order valence-corrected chi connectivity index (χ2v) is 9.93. The molecule has 1 aromatic rings. The minimum atomic E-state index is -0.152. The Balaban J connectivity index is 0.00000134. The maximum atomic E-state index is 6.49. The van der Waals surface area contributed by atoms with Gasteiger partial charge in [-0.3, -0.25) is 9.89 Å². The maximum Gasteiger partial charge on any atom is 1.00 e. The molecule has 1 saturated heterocycles. The molecule has 3 aliphatic rings. The van der Waals surface area contributed by atoms with E-state index in [-0.39, 0.29) is 57.7 Å². The number of likely N-dealkylation sites (tertiary alicyclic amines) is 1. The van der Waals surface area contributed by atoms with Gasteiger partial charge in [0.1, 0.15) is 17.3 Å². The predicted molar refractivity (Wildman–Crippen MR) is 163 cm³/mol. The number of nitrogens with zero attached hydrogens (tertiary/aromatic N) is 4. The number of piperidine rings is 1. The third-order valence-corrected chi connectivity index (χ3v) is 6.80. The largest absolute Gasteiger partial charge is 1.00 e. The Morgan fingerprint density at radius 1 is 1.38 bits per heavy atom. The first kappa shape index (κ1) is 34.0. The summed E-state index contributed by atoms with van der Waals surface area (Å²) < 4.78 is 6.17. The van der Waals surface area contributed by atoms with Gasteiger partial charge >= 0.3 is 51.4 Å². The van der Waals surface area contributed by atoms with Crippen molar-refractivity contribution in [2.75, 3.05) is 20.1 Å². The second-order valence-electron chi connectivity index (χ2n) is 9.93. The Labute approximate surface area is 282 Å². The number of allylic oxidation sites excluding steroid dienone is 4. The van der Waals surface area contributed by atoms with Gasteiger partial charge in [-0.05, 0) is 87.6 Å². The standard InChI is InChI=1S/C28H38N7O.C2H5N.K/c1-6-19(3)23-15-22(11-12-31-23)36-25-10-9-21(14-20(25)4)33-27(29)26-24(30-5)16-32-28(34-26)35-13-7-8-18(2)17-35;1-2-3;/h9-12,14-16,18,28,31,34H,6-8,13,17H2,1-5H3,(H2,29,33);2-3H,1H3;/q-1;;+1. The SMILES string of the molecule is CC=N.CCC(C)=C1C=C(Oc2ccc(N=C(N)C3=C([N-]C)C=NC(N4CCCC(C)C4)N3)cc2C)C=CN1.[K+]. The van der Waals surface area contributed by atoms with E-state index in [4.69, 9.17) is 20.9 Å². The number of aliphatic imine (C=N–C) groups is 2. The molecule has 9 nitrogen and oxygen atoms in total. The molecule has 0 saturated carbocycles. The second kappa shape index (κ2) is 16.9. The molecule has 1 aromatic carbocycles. The van der Waals surface area contributed by atoms with Crippen LogP contribution in [0.1, 0.15) is 52.5 Å². The molecule has 0 radical (unpaired) electrons. The monoisotopic (exact) mass is 570 g/mol. The Bertz CT molecular complexity index is 1210. The van der Waals surface area contributed by atoms with E-state index in [1.54, 1.807) is 20.2 Å². The first-order chi connectivity index (χ1) is 18.8. The molecule has 5 N–H and O–H groups in total. The van der Waals surface area contributed by atoms with Gasteiger partial charge in [-0.25, -0.2) is 4.99 Å². The number of ether oxygens (including phenoxy) is 1. The topological polar surface area (TPSA) is 125 Å². The molecule has 0 aliphatic carbocycles. The van der Waals surface area contributed by atoms with Crippen LogP contribution in [0.15, 0.2) is 75.0 Å². The number of dihydropyridines is 1. The first-order valence-electron chi connectivity index (χ1n) is 13.6. The van der Waals surface area contributed by atoms with E-state index < -0.39 is 0 Å². The zero-order chi connectivity index (χ0) is 28.4. The molecule has 2 atom stereocenters. The van der Waals surface area contributed by atoms with Crippen LogP contribution in [0.5, 0.6) is 5.75 Å². The van der Waals surface area contributed by atoms with Crippen molar-refractivity contribution < 1.29 is 56.1 Å². The molecule has 1 fully saturated rings. The van der Waals surface area contributed by atoms with Crippen molar-refractivity contribution in [1.29, 1.82) is 5.41 Å². The third kappa shape index (κ3) is 9.42. The van der Waals surface area contributed by atoms with Gasteiger partial charge in [0, 0.05) is 37.3 Å². The van der Waals surface area contributed by atoms with E-state index in [1.807, 2.05) is 43.5 Å². The molecule has 3 aliphatic heterocycles. The molecule has 0 aromatic heterocycles. The molecule has 0 amide bonds. The van der Waals surface area contributed by atoms with Crippen LogP contribution in [0.2, 0.25) is 0 Å². The zero-order valence-corrected chi connectivity index (χ0v) is 28.2. The number of hydrogen-bond acceptors (Lipinski definition) is 7. The van der Waals surface area contributed by atoms with E-state index in [0.29, 0.717) is 23.1 Å². The van der Waals surface area contributed by atoms with Crippen molar-refractivity contribution in [2.45, 2.75) is 60.2 Å². The summed E-state index contributed by atoms with van der Waals surface area (Å²) in [6, 6.07) is 5.83. The fourth-order valence-electron chi connectivity index (χ4n) is 4.54. The van der Waals surface area contributed by atoms with Crippen LogP contribution >= 0.6 is 0 Å². The molecular weight excluding hydrogens is 527 g/mol. The van der Waals surface area contributed by atoms with Gasteiger partial charge in [-0.1, -0.05) is 19.5 Å². The van der Waals surface area contributed by atoms with Crippen LogP contribution in [-0.2, 0) is 0 Å². The quantitative estimate of drug-likeness (QED) is 0.228. The molecule has 40 heavy (non-hydrogen) atoms. The van der Waals surface area contributed by atoms with Crippen molar-refractivity contribution in [3.05, 3.63) is 75.9 Å². The summed E-state index contributed by atoms with van der Waals surface area (Å²) in [5.74, 6) is 2.62. The van der Waals surface area contributed by atoms with Gasteiger partial charge in [-0.15, -0.1) is 7.05 Å². The van der Waals surface area contributed by atoms with E-state index in [9.17, 15) is 0 Å². The number of hydrogen-bond donors (Lipinski definition) is 4. The van der Waals surface area contributed by atoms with Crippen LogP contribution in [-0.4, -0.2) is 49.6 Å². The summed E-state index contributed by atoms with van der Waals surface area (Å²) in [5, 5.41) is 17.2. The van der Waals surface area contributed by atoms with Crippen molar-refractivity contribution in [3.63, 3.8) is 0 Å². The summed E-state index contributed by atoms with van der Waals surface area (Å²) in [5.41, 5.74) is 12.0. The average Bonchev–Trinajstić information content (AvgIpc) is 2.94. The number of amidine groups is 1. The summed E-state index contributed by atoms with van der Waals surface area (Å²) in [4.78, 5) is 11.7. The fourth-order valence-corrected chi connectivity index (χ4v) is 4.54. The number of nitrogens with two attached hydrogens (primary N) is 1. The van der Waals surface area contributed by atoms with E-state index in [2.05, 4.69) is 46.6 Å². The van der Waals surface area contributed by atoms with E-state index >= 15 is 0 Å². The van der Waals surface area contributed by atoms with Gasteiger partial charge in [0.05, 0.1) is 11.4 Å². The Morgan fingerprint density at radius 2 is 2.12 bits per heavy atom. The molecule has 0 spiro atoms. The number of aryl methyl sites for hydroxylation is 1. The summed E-state index contributed by atoms with van der Waals surface area (Å²) >= 11 is 0. The minimum Gasteiger partial charge on any atom is -0.684 e. The van der Waals surface area contributed by atoms with Crippen molar-refractivity contribution >= 4 is 24.0 Å². The molecular formula is C30H43KN8O. The molecule has 210 valence electrons. The summed E-state index contributed by atoms with van der Waals surface area (Å²) in [7, 11) is 1.74. The van der Waals surface area contributed by atoms with Crippen LogP contribution in [0.25, 0.3) is 5.32 Å². The predicted octanol–water partition coefficient (Wildman–Crippen LogP) is 2.61. The van der Waals surface area contributed by atoms with Gasteiger partial charge in [0.2, 0.25) is 0 Å². The average molecular weight is 571 g/mol. The molecule has 2 unspecified atom stereocenters. The van der Waals surface area contributed by atoms with Crippen LogP contribution in [0.3, 0.4) is 0 Å². The number of nitrogens with one attached hydrogen (secondary N) is 3. The third-order valence-electron chi connectivity index (χ3n) is 6.80. The Kier molecular flexibility index (Phi) is 14.4. The minimum absolute atomic E-state index is 0. The van der Waals surface area contributed by atoms with Crippen molar-refractivity contribution in [1.82, 2.24) is 15.5 Å². The molecule has 0 bridgehead atoms. The number of benzene rings is 1. The molecule has 10 heteroatoms. The van der Waals surface area contributed by atoms with Gasteiger partial charge < -0.3 is 31.8 Å². The van der Waals surface area contributed by atoms with Crippen LogP contribution in [0, 0.1) is 18.3 Å². The van der Waals surface area contributed by atoms with Gasteiger partial charge in [0.25, 0.3) is 0 Å². The van der Waals surface area contributed by atoms with Crippen LogP contribution in [0.4, 0.5) is 5.69 Å². The summed E-state index contributed by atoms with van der Waals surface area (Å²) in [6.45, 7) is 12.2. The number of rotatable bonds is 7. The van der Waals surface area contributed by atoms with Crippen molar-refractivity contribution in [3.8, 4) is 5.75 Å². The molecule has 4 rings (SSSR count). The smallest absolute Gasteiger partial charge is 0.684 e. The van der Waals surface area contributed by atoms with Crippen LogP contribution < -0.4 is 72.5 Å². The zero-order valence-electron chi connectivity index (χ0n) is 25.1. The Hall–Kier alpha value is -2.21. The fraction of sp³-hybridized carbons (Fsp3) is 0.433. The first-order valence-corrected chi connectivity index (χ1v) is 13.6. The maximum absolute atomic E-state index is 6.49. The van der Waals surface area contributed by atoms with Gasteiger partial charge in [-0.2, -0.15) is 0 Å². The molecule has 3 heterocycles. The summed E-state index contributed by atoms with van der Waals surface area (Å²) in [6.07, 6.45) is 12.2.